The van der Waals surface area contributed by atoms with Crippen LogP contribution in [0.4, 0.5) is 23.2 Å². The van der Waals surface area contributed by atoms with E-state index in [4.69, 9.17) is 11.6 Å². The maximum absolute atomic E-state index is 13.3. The number of nitrogens with zero attached hydrogens (tertiary/aromatic N) is 4. The molecular formula is C20H19BrClF4N5O. The Hall–Kier alpha value is -2.40. The van der Waals surface area contributed by atoms with Gasteiger partial charge in [-0.15, -0.1) is 0 Å². The van der Waals surface area contributed by atoms with E-state index in [1.165, 1.54) is 19.1 Å². The Morgan fingerprint density at radius 2 is 1.84 bits per heavy atom. The number of benzene rings is 1. The average molecular weight is 537 g/mol. The van der Waals surface area contributed by atoms with Crippen molar-refractivity contribution in [2.45, 2.75) is 46.5 Å². The largest absolute Gasteiger partial charge is 0.436 e. The van der Waals surface area contributed by atoms with Crippen LogP contribution in [0.5, 0.6) is 0 Å². The number of aryl methyl sites for hydroxylation is 2. The molecular weight excluding hydrogens is 518 g/mol. The number of hydrogen-bond acceptors (Lipinski definition) is 3. The van der Waals surface area contributed by atoms with E-state index >= 15 is 0 Å². The summed E-state index contributed by atoms with van der Waals surface area (Å²) in [4.78, 5) is 12.5. The van der Waals surface area contributed by atoms with Gasteiger partial charge in [-0.2, -0.15) is 23.4 Å². The van der Waals surface area contributed by atoms with Crippen LogP contribution in [0.15, 0.2) is 22.7 Å². The van der Waals surface area contributed by atoms with Crippen molar-refractivity contribution >= 4 is 39.1 Å². The minimum atomic E-state index is -4.59. The van der Waals surface area contributed by atoms with Gasteiger partial charge >= 0.3 is 6.18 Å². The van der Waals surface area contributed by atoms with E-state index in [9.17, 15) is 22.4 Å². The predicted octanol–water partition coefficient (Wildman–Crippen LogP) is 5.66. The highest BCUT2D eigenvalue weighted by Crippen LogP contribution is 2.35. The van der Waals surface area contributed by atoms with Gasteiger partial charge < -0.3 is 5.32 Å². The van der Waals surface area contributed by atoms with Gasteiger partial charge in [-0.25, -0.2) is 4.39 Å². The molecule has 0 aliphatic heterocycles. The summed E-state index contributed by atoms with van der Waals surface area (Å²) in [5.74, 6) is -0.836. The highest BCUT2D eigenvalue weighted by Gasteiger charge is 2.37. The zero-order valence-corrected chi connectivity index (χ0v) is 19.7. The molecule has 12 heteroatoms. The number of aromatic nitrogens is 4. The van der Waals surface area contributed by atoms with E-state index in [0.717, 1.165) is 4.68 Å². The molecule has 172 valence electrons. The third kappa shape index (κ3) is 5.15. The van der Waals surface area contributed by atoms with Gasteiger partial charge in [0.25, 0.3) is 0 Å². The van der Waals surface area contributed by atoms with E-state index in [2.05, 4.69) is 31.4 Å². The van der Waals surface area contributed by atoms with Crippen molar-refractivity contribution in [2.75, 3.05) is 5.32 Å². The molecule has 3 rings (SSSR count). The molecule has 2 heterocycles. The van der Waals surface area contributed by atoms with Crippen molar-refractivity contribution in [2.24, 2.45) is 0 Å². The first-order valence-corrected chi connectivity index (χ1v) is 10.6. The van der Waals surface area contributed by atoms with Crippen LogP contribution in [0, 0.1) is 26.6 Å². The second kappa shape index (κ2) is 9.22. The number of carbonyl (C=O) groups excluding carboxylic acids is 1. The molecule has 0 spiro atoms. The van der Waals surface area contributed by atoms with Crippen LogP contribution < -0.4 is 5.32 Å². The van der Waals surface area contributed by atoms with Crippen LogP contribution in [0.1, 0.15) is 34.8 Å². The van der Waals surface area contributed by atoms with Gasteiger partial charge in [0.2, 0.25) is 5.91 Å². The van der Waals surface area contributed by atoms with Crippen molar-refractivity contribution in [3.63, 3.8) is 0 Å². The fourth-order valence-electron chi connectivity index (χ4n) is 3.18. The minimum absolute atomic E-state index is 0.0240. The Labute approximate surface area is 194 Å². The van der Waals surface area contributed by atoms with Gasteiger partial charge in [0, 0.05) is 11.4 Å². The molecule has 0 bridgehead atoms. The number of alkyl halides is 3. The van der Waals surface area contributed by atoms with Crippen LogP contribution in [-0.4, -0.2) is 25.5 Å². The summed E-state index contributed by atoms with van der Waals surface area (Å²) < 4.78 is 54.9. The predicted molar refractivity (Wildman–Crippen MR) is 115 cm³/mol. The summed E-state index contributed by atoms with van der Waals surface area (Å²) in [5, 5.41) is 11.0. The number of rotatable bonds is 6. The Morgan fingerprint density at radius 1 is 1.16 bits per heavy atom. The van der Waals surface area contributed by atoms with Crippen molar-refractivity contribution in [1.82, 2.24) is 19.6 Å². The third-order valence-corrected chi connectivity index (χ3v) is 6.23. The number of anilines is 1. The zero-order valence-electron chi connectivity index (χ0n) is 17.3. The summed E-state index contributed by atoms with van der Waals surface area (Å²) in [7, 11) is 0. The van der Waals surface area contributed by atoms with Crippen molar-refractivity contribution in [1.29, 1.82) is 0 Å². The topological polar surface area (TPSA) is 64.7 Å². The second-order valence-electron chi connectivity index (χ2n) is 7.21. The molecule has 3 aromatic rings. The maximum atomic E-state index is 13.3. The highest BCUT2D eigenvalue weighted by molar-refractivity contribution is 9.10. The molecule has 0 aliphatic rings. The molecule has 0 radical (unpaired) electrons. The molecule has 6 nitrogen and oxygen atoms in total. The smallest absolute Gasteiger partial charge is 0.323 e. The fourth-order valence-corrected chi connectivity index (χ4v) is 3.91. The lowest BCUT2D eigenvalue weighted by Crippen LogP contribution is -2.17. The lowest BCUT2D eigenvalue weighted by Gasteiger charge is -2.09. The van der Waals surface area contributed by atoms with Gasteiger partial charge in [-0.05, 0) is 54.4 Å². The summed E-state index contributed by atoms with van der Waals surface area (Å²) in [6.45, 7) is 5.22. The van der Waals surface area contributed by atoms with Crippen LogP contribution in [0.3, 0.4) is 0 Å². The summed E-state index contributed by atoms with van der Waals surface area (Å²) in [6, 6.07) is 4.08. The number of halogens is 6. The molecule has 1 N–H and O–H groups in total. The lowest BCUT2D eigenvalue weighted by molar-refractivity contribution is -0.142. The summed E-state index contributed by atoms with van der Waals surface area (Å²) in [5.41, 5.74) is 1.64. The van der Waals surface area contributed by atoms with Gasteiger partial charge in [0.15, 0.2) is 5.69 Å². The number of amides is 1. The second-order valence-corrected chi connectivity index (χ2v) is 8.41. The van der Waals surface area contributed by atoms with Gasteiger partial charge in [-0.1, -0.05) is 17.7 Å². The highest BCUT2D eigenvalue weighted by atomic mass is 79.9. The van der Waals surface area contributed by atoms with Gasteiger partial charge in [0.1, 0.15) is 5.82 Å². The Morgan fingerprint density at radius 3 is 2.44 bits per heavy atom. The molecule has 0 atom stereocenters. The molecule has 0 saturated heterocycles. The van der Waals surface area contributed by atoms with Gasteiger partial charge in [0.05, 0.1) is 40.3 Å². The molecule has 0 saturated carbocycles. The lowest BCUT2D eigenvalue weighted by atomic mass is 10.2. The molecule has 1 aromatic carbocycles. The van der Waals surface area contributed by atoms with Crippen LogP contribution in [0.25, 0.3) is 0 Å². The van der Waals surface area contributed by atoms with Crippen LogP contribution in [-0.2, 0) is 24.1 Å². The number of carbonyl (C=O) groups is 1. The Kier molecular flexibility index (Phi) is 6.99. The van der Waals surface area contributed by atoms with E-state index in [-0.39, 0.29) is 34.7 Å². The van der Waals surface area contributed by atoms with Crippen molar-refractivity contribution in [3.05, 3.63) is 61.9 Å². The van der Waals surface area contributed by atoms with E-state index in [1.807, 2.05) is 0 Å². The first-order valence-electron chi connectivity index (χ1n) is 9.46. The molecule has 0 fully saturated rings. The molecule has 0 unspecified atom stereocenters. The molecule has 1 amide bonds. The fraction of sp³-hybridized carbons (Fsp3) is 0.350. The molecule has 2 aromatic heterocycles. The molecule has 32 heavy (non-hydrogen) atoms. The van der Waals surface area contributed by atoms with E-state index in [0.29, 0.717) is 22.6 Å². The first-order chi connectivity index (χ1) is 14.9. The van der Waals surface area contributed by atoms with Crippen LogP contribution >= 0.6 is 27.5 Å². The standard InChI is InChI=1S/C20H19BrClF4N5O/c1-10-18(12(3)31(28-10)9-13-4-5-14(23)8-15(13)22)27-16(32)6-7-30-11(2)17(21)19(29-30)20(24,25)26/h4-5,8H,6-7,9H2,1-3H3,(H,27,32). The van der Waals surface area contributed by atoms with E-state index < -0.39 is 23.6 Å². The first kappa shape index (κ1) is 24.2. The van der Waals surface area contributed by atoms with E-state index in [1.54, 1.807) is 24.6 Å². The molecule has 0 aliphatic carbocycles. The third-order valence-electron chi connectivity index (χ3n) is 4.93. The van der Waals surface area contributed by atoms with Crippen molar-refractivity contribution < 1.29 is 22.4 Å². The normalized spacial score (nSPS) is 11.8. The van der Waals surface area contributed by atoms with Crippen molar-refractivity contribution in [3.8, 4) is 0 Å². The number of hydrogen-bond donors (Lipinski definition) is 1. The summed E-state index contributed by atoms with van der Waals surface area (Å²) >= 11 is 8.99. The SMILES string of the molecule is Cc1nn(Cc2ccc(F)cc2Cl)c(C)c1NC(=O)CCn1nc(C(F)(F)F)c(Br)c1C. The van der Waals surface area contributed by atoms with Gasteiger partial charge in [-0.3, -0.25) is 14.2 Å². The monoisotopic (exact) mass is 535 g/mol. The average Bonchev–Trinajstić information content (AvgIpc) is 3.13. The Balaban J connectivity index is 1.70. The number of nitrogens with one attached hydrogen (secondary N) is 1. The Bertz CT molecular complexity index is 1170. The zero-order chi connectivity index (χ0) is 23.8. The maximum Gasteiger partial charge on any atom is 0.436 e. The summed E-state index contributed by atoms with van der Waals surface area (Å²) in [6.07, 6.45) is -4.67. The van der Waals surface area contributed by atoms with Crippen LogP contribution in [0.2, 0.25) is 5.02 Å². The minimum Gasteiger partial charge on any atom is -0.323 e. The quantitative estimate of drug-likeness (QED) is 0.414.